The van der Waals surface area contributed by atoms with Crippen LogP contribution in [-0.4, -0.2) is 56.9 Å². The van der Waals surface area contributed by atoms with Crippen LogP contribution in [0.1, 0.15) is 40.5 Å². The Hall–Kier alpha value is -3.37. The number of nitro groups is 1. The minimum atomic E-state index is -1.58. The van der Waals surface area contributed by atoms with Gasteiger partial charge in [-0.2, -0.15) is 0 Å². The largest absolute Gasteiger partial charge is 0.514 e. The third kappa shape index (κ3) is 5.16. The summed E-state index contributed by atoms with van der Waals surface area (Å²) >= 11 is 0. The Labute approximate surface area is 172 Å². The van der Waals surface area contributed by atoms with Crippen molar-refractivity contribution in [2.24, 2.45) is 0 Å². The van der Waals surface area contributed by atoms with E-state index in [1.165, 1.54) is 12.1 Å². The maximum Gasteiger partial charge on any atom is 0.514 e. The minimum absolute atomic E-state index is 0.0209. The van der Waals surface area contributed by atoms with Crippen molar-refractivity contribution in [1.82, 2.24) is 4.90 Å². The lowest BCUT2D eigenvalue weighted by Crippen LogP contribution is -2.53. The van der Waals surface area contributed by atoms with Gasteiger partial charge in [0, 0.05) is 18.6 Å². The molecule has 1 N–H and O–H groups in total. The Kier molecular flexibility index (Phi) is 6.53. The molecule has 0 spiro atoms. The molecule has 0 radical (unpaired) electrons. The molecule has 11 nitrogen and oxygen atoms in total. The number of hydrogen-bond acceptors (Lipinski definition) is 8. The van der Waals surface area contributed by atoms with Crippen molar-refractivity contribution >= 4 is 23.9 Å². The summed E-state index contributed by atoms with van der Waals surface area (Å²) in [5.74, 6) is -1.21. The van der Waals surface area contributed by atoms with Gasteiger partial charge in [-0.05, 0) is 39.3 Å². The number of likely N-dealkylation sites (tertiary alicyclic amines) is 1. The molecule has 0 unspecified atom stereocenters. The zero-order chi connectivity index (χ0) is 22.7. The monoisotopic (exact) mass is 424 g/mol. The Morgan fingerprint density at radius 2 is 1.87 bits per heavy atom. The van der Waals surface area contributed by atoms with Crippen molar-refractivity contribution in [2.75, 3.05) is 6.54 Å². The lowest BCUT2D eigenvalue weighted by Gasteiger charge is -2.34. The molecular weight excluding hydrogens is 400 g/mol. The maximum absolute atomic E-state index is 12.6. The molecule has 30 heavy (non-hydrogen) atoms. The van der Waals surface area contributed by atoms with Crippen LogP contribution in [0.3, 0.4) is 0 Å². The topological polar surface area (TPSA) is 146 Å². The number of rotatable bonds is 5. The van der Waals surface area contributed by atoms with E-state index in [4.69, 9.17) is 14.2 Å². The minimum Gasteiger partial charge on any atom is -0.479 e. The molecule has 2 atom stereocenters. The average molecular weight is 424 g/mol. The Morgan fingerprint density at radius 1 is 1.27 bits per heavy atom. The van der Waals surface area contributed by atoms with Crippen LogP contribution in [0, 0.1) is 10.1 Å². The highest BCUT2D eigenvalue weighted by molar-refractivity contribution is 5.85. The van der Waals surface area contributed by atoms with Crippen LogP contribution < -0.4 is 4.74 Å². The van der Waals surface area contributed by atoms with Gasteiger partial charge in [0.25, 0.3) is 5.69 Å². The van der Waals surface area contributed by atoms with Gasteiger partial charge in [0.05, 0.1) is 11.5 Å². The van der Waals surface area contributed by atoms with Gasteiger partial charge in [0.1, 0.15) is 23.0 Å². The van der Waals surface area contributed by atoms with Crippen molar-refractivity contribution in [1.29, 1.82) is 0 Å². The number of carbonyl (C=O) groups is 3. The second-order valence-electron chi connectivity index (χ2n) is 7.83. The number of carboxylic acids is 1. The Balaban J connectivity index is 2.10. The van der Waals surface area contributed by atoms with Gasteiger partial charge in [0.15, 0.2) is 0 Å². The highest BCUT2D eigenvalue weighted by Crippen LogP contribution is 2.36. The molecule has 0 bridgehead atoms. The third-order valence-corrected chi connectivity index (χ3v) is 4.58. The molecule has 1 saturated heterocycles. The lowest BCUT2D eigenvalue weighted by molar-refractivity contribution is -0.384. The summed E-state index contributed by atoms with van der Waals surface area (Å²) in [6, 6.07) is 4.78. The van der Waals surface area contributed by atoms with Crippen LogP contribution in [0.2, 0.25) is 0 Å². The van der Waals surface area contributed by atoms with E-state index in [1.807, 2.05) is 0 Å². The molecule has 164 valence electrons. The first-order chi connectivity index (χ1) is 13.9. The van der Waals surface area contributed by atoms with E-state index in [9.17, 15) is 29.6 Å². The fraction of sp³-hybridized carbons (Fsp3) is 0.526. The lowest BCUT2D eigenvalue weighted by atomic mass is 9.92. The smallest absolute Gasteiger partial charge is 0.479 e. The fourth-order valence-corrected chi connectivity index (χ4v) is 3.16. The van der Waals surface area contributed by atoms with E-state index in [-0.39, 0.29) is 30.8 Å². The number of carboxylic acid groups (broad SMARTS) is 1. The number of nitrogens with zero attached hydrogens (tertiary/aromatic N) is 2. The van der Waals surface area contributed by atoms with E-state index in [0.29, 0.717) is 0 Å². The van der Waals surface area contributed by atoms with Crippen molar-refractivity contribution in [3.63, 3.8) is 0 Å². The number of non-ortho nitro benzene ring substituents is 1. The van der Waals surface area contributed by atoms with Crippen LogP contribution in [0.5, 0.6) is 5.75 Å². The highest BCUT2D eigenvalue weighted by Gasteiger charge is 2.55. The summed E-state index contributed by atoms with van der Waals surface area (Å²) in [5, 5.41) is 20.4. The quantitative estimate of drug-likeness (QED) is 0.325. The van der Waals surface area contributed by atoms with Gasteiger partial charge < -0.3 is 19.3 Å². The number of carbonyl (C=O) groups excluding carboxylic acids is 2. The van der Waals surface area contributed by atoms with Crippen LogP contribution >= 0.6 is 0 Å². The molecule has 1 aliphatic heterocycles. The number of nitro benzene ring substituents is 1. The van der Waals surface area contributed by atoms with E-state index in [0.717, 1.165) is 17.0 Å². The van der Waals surface area contributed by atoms with Gasteiger partial charge in [-0.15, -0.1) is 0 Å². The summed E-state index contributed by atoms with van der Waals surface area (Å²) in [7, 11) is 0. The number of hydrogen-bond donors (Lipinski definition) is 1. The molecule has 1 aromatic carbocycles. The van der Waals surface area contributed by atoms with Gasteiger partial charge >= 0.3 is 18.2 Å². The molecule has 0 aliphatic carbocycles. The molecule has 1 heterocycles. The summed E-state index contributed by atoms with van der Waals surface area (Å²) in [4.78, 5) is 47.8. The van der Waals surface area contributed by atoms with E-state index < -0.39 is 40.4 Å². The average Bonchev–Trinajstić information content (AvgIpc) is 3.00. The van der Waals surface area contributed by atoms with E-state index in [2.05, 4.69) is 0 Å². The predicted octanol–water partition coefficient (Wildman–Crippen LogP) is 3.35. The fourth-order valence-electron chi connectivity index (χ4n) is 3.16. The molecule has 1 aromatic rings. The molecule has 1 fully saturated rings. The molecule has 2 rings (SSSR count). The number of aliphatic carboxylic acids is 1. The molecular formula is C19H24N2O9. The number of ether oxygens (including phenoxy) is 3. The van der Waals surface area contributed by atoms with Crippen molar-refractivity contribution in [2.45, 2.75) is 57.8 Å². The van der Waals surface area contributed by atoms with Crippen LogP contribution in [0.25, 0.3) is 0 Å². The van der Waals surface area contributed by atoms with Gasteiger partial charge in [-0.1, -0.05) is 6.92 Å². The molecule has 1 aliphatic rings. The molecule has 0 saturated carbocycles. The van der Waals surface area contributed by atoms with Crippen molar-refractivity contribution in [3.05, 3.63) is 34.4 Å². The van der Waals surface area contributed by atoms with Crippen molar-refractivity contribution < 1.29 is 38.6 Å². The van der Waals surface area contributed by atoms with Crippen LogP contribution in [0.15, 0.2) is 24.3 Å². The first kappa shape index (κ1) is 22.9. The maximum atomic E-state index is 12.6. The van der Waals surface area contributed by atoms with Crippen LogP contribution in [-0.2, 0) is 14.3 Å². The molecule has 0 aromatic heterocycles. The first-order valence-corrected chi connectivity index (χ1v) is 9.25. The van der Waals surface area contributed by atoms with Gasteiger partial charge in [-0.25, -0.2) is 14.4 Å². The van der Waals surface area contributed by atoms with Gasteiger partial charge in [0.2, 0.25) is 0 Å². The predicted molar refractivity (Wildman–Crippen MR) is 102 cm³/mol. The zero-order valence-electron chi connectivity index (χ0n) is 17.1. The van der Waals surface area contributed by atoms with E-state index >= 15 is 0 Å². The number of benzene rings is 1. The second kappa shape index (κ2) is 8.56. The molecule has 11 heteroatoms. The second-order valence-corrected chi connectivity index (χ2v) is 7.83. The Bertz CT molecular complexity index is 831. The normalized spacial score (nSPS) is 21.1. The molecule has 1 amide bonds. The van der Waals surface area contributed by atoms with Gasteiger partial charge in [-0.3, -0.25) is 15.0 Å². The standard InChI is InChI=1S/C19H24N2O9/c1-5-19(15(22)23)10-14(11-20(19)16(24)30-18(2,3)4)29-17(25)28-13-8-6-12(7-9-13)21(26)27/h6-9,14H,5,10-11H2,1-4H3,(H,22,23)/t14-,19-/m0/s1. The zero-order valence-corrected chi connectivity index (χ0v) is 17.1. The Morgan fingerprint density at radius 3 is 2.33 bits per heavy atom. The van der Waals surface area contributed by atoms with Crippen LogP contribution in [0.4, 0.5) is 15.3 Å². The number of amides is 1. The highest BCUT2D eigenvalue weighted by atomic mass is 16.7. The third-order valence-electron chi connectivity index (χ3n) is 4.58. The van der Waals surface area contributed by atoms with Crippen molar-refractivity contribution in [3.8, 4) is 5.75 Å². The summed E-state index contributed by atoms with van der Waals surface area (Å²) in [5.41, 5.74) is -2.59. The van der Waals surface area contributed by atoms with E-state index in [1.54, 1.807) is 27.7 Å². The SMILES string of the molecule is CC[C@@]1(C(=O)O)C[C@H](OC(=O)Oc2ccc([N+](=O)[O-])cc2)CN1C(=O)OC(C)(C)C. The summed E-state index contributed by atoms with van der Waals surface area (Å²) < 4.78 is 15.5. The first-order valence-electron chi connectivity index (χ1n) is 9.25. The summed E-state index contributed by atoms with van der Waals surface area (Å²) in [6.45, 7) is 6.41. The summed E-state index contributed by atoms with van der Waals surface area (Å²) in [6.07, 6.45) is -2.91.